The number of hydrogen-bond donors (Lipinski definition) is 1. The van der Waals surface area contributed by atoms with Gasteiger partial charge in [0.1, 0.15) is 0 Å². The third kappa shape index (κ3) is 4.19. The van der Waals surface area contributed by atoms with E-state index in [1.807, 2.05) is 11.7 Å². The molecule has 2 atom stereocenters. The Hall–Kier alpha value is -0.620. The molecule has 1 aromatic heterocycles. The molecule has 2 heterocycles. The zero-order valence-corrected chi connectivity index (χ0v) is 13.9. The Morgan fingerprint density at radius 3 is 2.81 bits per heavy atom. The van der Waals surface area contributed by atoms with Crippen molar-refractivity contribution in [1.82, 2.24) is 15.1 Å². The number of halogens is 1. The molecule has 1 N–H and O–H groups in total. The summed E-state index contributed by atoms with van der Waals surface area (Å²) in [5, 5.41) is 8.85. The van der Waals surface area contributed by atoms with Crippen LogP contribution in [0.2, 0.25) is 5.02 Å². The molecular weight excluding hydrogens is 290 g/mol. The number of rotatable bonds is 7. The molecule has 21 heavy (non-hydrogen) atoms. The first-order valence-electron chi connectivity index (χ1n) is 7.80. The van der Waals surface area contributed by atoms with E-state index in [1.165, 1.54) is 0 Å². The summed E-state index contributed by atoms with van der Waals surface area (Å²) in [6.45, 7) is 7.17. The SMILES string of the molecule is CCCNC(Cc1c(Cl)c(CC)nn1C)C1COCCO1. The predicted octanol–water partition coefficient (Wildman–Crippen LogP) is 1.96. The van der Waals surface area contributed by atoms with Crippen LogP contribution in [0, 0.1) is 0 Å². The molecule has 1 aliphatic heterocycles. The van der Waals surface area contributed by atoms with Crippen LogP contribution in [-0.2, 0) is 29.4 Å². The van der Waals surface area contributed by atoms with Crippen molar-refractivity contribution in [2.45, 2.75) is 45.3 Å². The lowest BCUT2D eigenvalue weighted by Crippen LogP contribution is -2.48. The second-order valence-electron chi connectivity index (χ2n) is 5.43. The molecule has 1 fully saturated rings. The van der Waals surface area contributed by atoms with Gasteiger partial charge in [-0.15, -0.1) is 0 Å². The highest BCUT2D eigenvalue weighted by atomic mass is 35.5. The summed E-state index contributed by atoms with van der Waals surface area (Å²) < 4.78 is 13.3. The smallest absolute Gasteiger partial charge is 0.0965 e. The molecule has 0 saturated carbocycles. The Labute approximate surface area is 131 Å². The summed E-state index contributed by atoms with van der Waals surface area (Å²) >= 11 is 6.46. The molecule has 0 radical (unpaired) electrons. The van der Waals surface area contributed by atoms with E-state index in [-0.39, 0.29) is 12.1 Å². The molecule has 2 unspecified atom stereocenters. The summed E-state index contributed by atoms with van der Waals surface area (Å²) in [4.78, 5) is 0. The largest absolute Gasteiger partial charge is 0.376 e. The van der Waals surface area contributed by atoms with Gasteiger partial charge in [0.15, 0.2) is 0 Å². The number of ether oxygens (including phenoxy) is 2. The molecule has 0 aliphatic carbocycles. The summed E-state index contributed by atoms with van der Waals surface area (Å²) in [6.07, 6.45) is 2.81. The normalized spacial score (nSPS) is 20.7. The third-order valence-corrected chi connectivity index (χ3v) is 4.30. The van der Waals surface area contributed by atoms with Crippen LogP contribution in [0.25, 0.3) is 0 Å². The number of nitrogens with zero attached hydrogens (tertiary/aromatic N) is 2. The van der Waals surface area contributed by atoms with Gasteiger partial charge in [-0.1, -0.05) is 25.4 Å². The first-order chi connectivity index (χ1) is 10.2. The highest BCUT2D eigenvalue weighted by Gasteiger charge is 2.27. The number of nitrogens with one attached hydrogen (secondary N) is 1. The second kappa shape index (κ2) is 8.13. The number of hydrogen-bond acceptors (Lipinski definition) is 4. The molecule has 1 saturated heterocycles. The molecule has 2 rings (SSSR count). The Kier molecular flexibility index (Phi) is 6.48. The highest BCUT2D eigenvalue weighted by molar-refractivity contribution is 6.31. The van der Waals surface area contributed by atoms with Gasteiger partial charge in [-0.05, 0) is 19.4 Å². The average Bonchev–Trinajstić information content (AvgIpc) is 2.79. The van der Waals surface area contributed by atoms with E-state index in [2.05, 4.69) is 24.3 Å². The topological polar surface area (TPSA) is 48.3 Å². The van der Waals surface area contributed by atoms with Gasteiger partial charge in [0.2, 0.25) is 0 Å². The van der Waals surface area contributed by atoms with E-state index in [0.717, 1.165) is 42.2 Å². The lowest BCUT2D eigenvalue weighted by atomic mass is 10.0. The summed E-state index contributed by atoms with van der Waals surface area (Å²) in [5.74, 6) is 0. The Bertz CT molecular complexity index is 444. The molecule has 0 spiro atoms. The minimum Gasteiger partial charge on any atom is -0.376 e. The molecule has 6 heteroatoms. The minimum atomic E-state index is 0.0707. The zero-order chi connectivity index (χ0) is 15.2. The van der Waals surface area contributed by atoms with E-state index < -0.39 is 0 Å². The van der Waals surface area contributed by atoms with Crippen LogP contribution in [0.1, 0.15) is 31.7 Å². The molecule has 0 aromatic carbocycles. The van der Waals surface area contributed by atoms with Gasteiger partial charge in [-0.3, -0.25) is 4.68 Å². The van der Waals surface area contributed by atoms with Crippen LogP contribution >= 0.6 is 11.6 Å². The molecular formula is C15H26ClN3O2. The average molecular weight is 316 g/mol. The quantitative estimate of drug-likeness (QED) is 0.835. The maximum atomic E-state index is 6.46. The van der Waals surface area contributed by atoms with E-state index in [0.29, 0.717) is 19.8 Å². The van der Waals surface area contributed by atoms with Gasteiger partial charge in [0, 0.05) is 19.5 Å². The summed E-state index contributed by atoms with van der Waals surface area (Å²) in [5.41, 5.74) is 2.03. The monoisotopic (exact) mass is 315 g/mol. The van der Waals surface area contributed by atoms with Crippen molar-refractivity contribution in [1.29, 1.82) is 0 Å². The van der Waals surface area contributed by atoms with Gasteiger partial charge in [-0.25, -0.2) is 0 Å². The van der Waals surface area contributed by atoms with E-state index in [1.54, 1.807) is 0 Å². The Morgan fingerprint density at radius 2 is 2.24 bits per heavy atom. The molecule has 1 aliphatic rings. The Morgan fingerprint density at radius 1 is 1.43 bits per heavy atom. The van der Waals surface area contributed by atoms with Gasteiger partial charge in [0.25, 0.3) is 0 Å². The molecule has 1 aromatic rings. The van der Waals surface area contributed by atoms with E-state index in [9.17, 15) is 0 Å². The van der Waals surface area contributed by atoms with Crippen molar-refractivity contribution in [3.8, 4) is 0 Å². The standard InChI is InChI=1S/C15H26ClN3O2/c1-4-6-17-12(14-10-20-7-8-21-14)9-13-15(16)11(5-2)18-19(13)3/h12,14,17H,4-10H2,1-3H3. The van der Waals surface area contributed by atoms with E-state index in [4.69, 9.17) is 21.1 Å². The van der Waals surface area contributed by atoms with Crippen LogP contribution in [-0.4, -0.2) is 48.3 Å². The lowest BCUT2D eigenvalue weighted by Gasteiger charge is -2.31. The highest BCUT2D eigenvalue weighted by Crippen LogP contribution is 2.23. The van der Waals surface area contributed by atoms with Crippen molar-refractivity contribution < 1.29 is 9.47 Å². The second-order valence-corrected chi connectivity index (χ2v) is 5.81. The van der Waals surface area contributed by atoms with Gasteiger partial charge < -0.3 is 14.8 Å². The number of aromatic nitrogens is 2. The lowest BCUT2D eigenvalue weighted by molar-refractivity contribution is -0.101. The fraction of sp³-hybridized carbons (Fsp3) is 0.800. The van der Waals surface area contributed by atoms with Crippen molar-refractivity contribution in [2.75, 3.05) is 26.4 Å². The maximum Gasteiger partial charge on any atom is 0.0965 e. The molecule has 0 amide bonds. The summed E-state index contributed by atoms with van der Waals surface area (Å²) in [7, 11) is 1.95. The predicted molar refractivity (Wildman–Crippen MR) is 83.9 cm³/mol. The van der Waals surface area contributed by atoms with Crippen LogP contribution in [0.3, 0.4) is 0 Å². The van der Waals surface area contributed by atoms with Crippen LogP contribution in [0.15, 0.2) is 0 Å². The first-order valence-corrected chi connectivity index (χ1v) is 8.18. The van der Waals surface area contributed by atoms with Gasteiger partial charge in [-0.2, -0.15) is 5.10 Å². The first kappa shape index (κ1) is 16.7. The maximum absolute atomic E-state index is 6.46. The van der Waals surface area contributed by atoms with Crippen molar-refractivity contribution >= 4 is 11.6 Å². The minimum absolute atomic E-state index is 0.0707. The Balaban J connectivity index is 2.11. The molecule has 120 valence electrons. The fourth-order valence-corrected chi connectivity index (χ4v) is 3.02. The fourth-order valence-electron chi connectivity index (χ4n) is 2.65. The van der Waals surface area contributed by atoms with Crippen LogP contribution in [0.5, 0.6) is 0 Å². The van der Waals surface area contributed by atoms with E-state index >= 15 is 0 Å². The number of aryl methyl sites for hydroxylation is 2. The third-order valence-electron chi connectivity index (χ3n) is 3.86. The molecule has 5 nitrogen and oxygen atoms in total. The van der Waals surface area contributed by atoms with Crippen molar-refractivity contribution in [3.63, 3.8) is 0 Å². The zero-order valence-electron chi connectivity index (χ0n) is 13.2. The van der Waals surface area contributed by atoms with Crippen LogP contribution < -0.4 is 5.32 Å². The van der Waals surface area contributed by atoms with Crippen molar-refractivity contribution in [3.05, 3.63) is 16.4 Å². The van der Waals surface area contributed by atoms with Crippen LogP contribution in [0.4, 0.5) is 0 Å². The molecule has 0 bridgehead atoms. The summed E-state index contributed by atoms with van der Waals surface area (Å²) in [6, 6.07) is 0.197. The van der Waals surface area contributed by atoms with Crippen molar-refractivity contribution in [2.24, 2.45) is 7.05 Å². The van der Waals surface area contributed by atoms with Gasteiger partial charge in [0.05, 0.1) is 42.3 Å². The van der Waals surface area contributed by atoms with Gasteiger partial charge >= 0.3 is 0 Å².